The van der Waals surface area contributed by atoms with Crippen molar-refractivity contribution >= 4 is 28.9 Å². The summed E-state index contributed by atoms with van der Waals surface area (Å²) in [4.78, 5) is 50.8. The van der Waals surface area contributed by atoms with Gasteiger partial charge in [0.25, 0.3) is 5.91 Å². The van der Waals surface area contributed by atoms with Gasteiger partial charge in [0.1, 0.15) is 17.3 Å². The van der Waals surface area contributed by atoms with Crippen LogP contribution in [0, 0.1) is 17.8 Å². The summed E-state index contributed by atoms with van der Waals surface area (Å²) in [5.74, 6) is -5.76. The molecule has 0 saturated heterocycles. The van der Waals surface area contributed by atoms with Crippen molar-refractivity contribution in [3.05, 3.63) is 63.9 Å². The Bertz CT molecular complexity index is 1330. The highest BCUT2D eigenvalue weighted by molar-refractivity contribution is 6.22. The quantitative estimate of drug-likeness (QED) is 0.394. The lowest BCUT2D eigenvalue weighted by molar-refractivity contribution is -0.125. The number of allylic oxidation sites excluding steroid dienone is 4. The van der Waals surface area contributed by atoms with Crippen molar-refractivity contribution in [1.82, 2.24) is 5.16 Å². The Balaban J connectivity index is 1.57. The van der Waals surface area contributed by atoms with Crippen LogP contribution in [0.25, 0.3) is 0 Å². The zero-order chi connectivity index (χ0) is 24.3. The smallest absolute Gasteiger partial charge is 0.294 e. The Morgan fingerprint density at radius 2 is 1.88 bits per heavy atom. The molecule has 1 heterocycles. The maximum atomic E-state index is 13.5. The zero-order valence-electron chi connectivity index (χ0n) is 18.0. The van der Waals surface area contributed by atoms with Gasteiger partial charge in [-0.25, -0.2) is 0 Å². The van der Waals surface area contributed by atoms with E-state index in [9.17, 15) is 34.5 Å². The van der Waals surface area contributed by atoms with Crippen LogP contribution in [-0.4, -0.2) is 43.7 Å². The van der Waals surface area contributed by atoms with E-state index in [1.165, 1.54) is 24.4 Å². The highest BCUT2D eigenvalue weighted by atomic mass is 16.5. The number of fused-ring (bicyclic) bond motifs is 3. The molecule has 10 heteroatoms. The number of amides is 1. The number of rotatable bonds is 3. The minimum atomic E-state index is -1.11. The zero-order valence-corrected chi connectivity index (χ0v) is 18.0. The van der Waals surface area contributed by atoms with Gasteiger partial charge in [0.15, 0.2) is 17.3 Å². The normalized spacial score (nSPS) is 23.9. The van der Waals surface area contributed by atoms with Gasteiger partial charge < -0.3 is 25.2 Å². The fourth-order valence-electron chi connectivity index (χ4n) is 5.39. The molecular formula is C24H20N2O8. The number of ketones is 3. The fourth-order valence-corrected chi connectivity index (χ4v) is 5.39. The van der Waals surface area contributed by atoms with Crippen molar-refractivity contribution in [3.63, 3.8) is 0 Å². The molecule has 1 aromatic heterocycles. The van der Waals surface area contributed by atoms with Gasteiger partial charge >= 0.3 is 0 Å². The maximum Gasteiger partial charge on any atom is 0.294 e. The van der Waals surface area contributed by atoms with Crippen molar-refractivity contribution in [2.24, 2.45) is 17.8 Å². The lowest BCUT2D eigenvalue weighted by atomic mass is 9.62. The number of hydrogen-bond acceptors (Lipinski definition) is 9. The Morgan fingerprint density at radius 1 is 1.12 bits per heavy atom. The van der Waals surface area contributed by atoms with E-state index in [0.29, 0.717) is 17.7 Å². The first-order valence-electron chi connectivity index (χ1n) is 10.7. The highest BCUT2D eigenvalue weighted by Crippen LogP contribution is 2.50. The molecule has 0 saturated carbocycles. The van der Waals surface area contributed by atoms with Crippen LogP contribution in [0.5, 0.6) is 5.75 Å². The lowest BCUT2D eigenvalue weighted by Crippen LogP contribution is -2.42. The van der Waals surface area contributed by atoms with Crippen LogP contribution >= 0.6 is 0 Å². The number of phenolic OH excluding ortho intramolecular Hbond substituents is 1. The average Bonchev–Trinajstić information content (AvgIpc) is 3.30. The summed E-state index contributed by atoms with van der Waals surface area (Å²) in [5.41, 5.74) is 0.282. The summed E-state index contributed by atoms with van der Waals surface area (Å²) >= 11 is 0. The molecule has 0 bridgehead atoms. The Morgan fingerprint density at radius 3 is 2.56 bits per heavy atom. The molecule has 3 aliphatic carbocycles. The second kappa shape index (κ2) is 7.68. The van der Waals surface area contributed by atoms with E-state index in [2.05, 4.69) is 10.5 Å². The third-order valence-corrected chi connectivity index (χ3v) is 6.79. The first-order chi connectivity index (χ1) is 16.2. The van der Waals surface area contributed by atoms with Crippen LogP contribution in [0.3, 0.4) is 0 Å². The minimum absolute atomic E-state index is 0.0143. The van der Waals surface area contributed by atoms with E-state index in [4.69, 9.17) is 4.52 Å². The van der Waals surface area contributed by atoms with Gasteiger partial charge in [-0.3, -0.25) is 19.2 Å². The number of phenols is 1. The number of carbonyl (C=O) groups excluding carboxylic acids is 4. The standard InChI is InChI=1S/C24H20N2O8/c1-9(27)17-15(29)8-11-6-10-7-12-13(26-24(33)16-4-5-25-34-16)2-3-14(28)20(12)23(32)18(10)22(31)19(11)21(17)30/h2-5,10-11,19,28-29,31H,6-8H2,1H3,(H,26,33). The van der Waals surface area contributed by atoms with E-state index in [0.717, 1.165) is 6.92 Å². The van der Waals surface area contributed by atoms with E-state index in [1.54, 1.807) is 0 Å². The van der Waals surface area contributed by atoms with Gasteiger partial charge in [-0.1, -0.05) is 5.16 Å². The molecule has 0 aliphatic heterocycles. The SMILES string of the molecule is CC(=O)C1=C(O)CC2CC3Cc4c(NC(=O)c5ccno5)ccc(O)c4C(=O)C3=C(O)C2C1=O. The summed E-state index contributed by atoms with van der Waals surface area (Å²) in [6.07, 6.45) is 1.83. The van der Waals surface area contributed by atoms with Crippen LogP contribution < -0.4 is 5.32 Å². The number of anilines is 1. The molecule has 174 valence electrons. The summed E-state index contributed by atoms with van der Waals surface area (Å²) in [6, 6.07) is 4.10. The summed E-state index contributed by atoms with van der Waals surface area (Å²) in [5, 5.41) is 37.9. The Kier molecular flexibility index (Phi) is 4.89. The Hall–Kier alpha value is -4.21. The fraction of sp³-hybridized carbons (Fsp3) is 0.292. The number of nitrogens with zero attached hydrogens (tertiary/aromatic N) is 1. The number of aliphatic hydroxyl groups is 2. The molecule has 0 fully saturated rings. The van der Waals surface area contributed by atoms with Crippen LogP contribution in [0.2, 0.25) is 0 Å². The molecule has 3 unspecified atom stereocenters. The lowest BCUT2D eigenvalue weighted by Gasteiger charge is -2.41. The predicted molar refractivity (Wildman–Crippen MR) is 115 cm³/mol. The van der Waals surface area contributed by atoms with E-state index in [-0.39, 0.29) is 46.8 Å². The topological polar surface area (TPSA) is 167 Å². The molecule has 34 heavy (non-hydrogen) atoms. The van der Waals surface area contributed by atoms with Gasteiger partial charge in [-0.15, -0.1) is 0 Å². The van der Waals surface area contributed by atoms with Gasteiger partial charge in [-0.2, -0.15) is 0 Å². The van der Waals surface area contributed by atoms with Gasteiger partial charge in [0, 0.05) is 23.7 Å². The van der Waals surface area contributed by atoms with Gasteiger partial charge in [0.05, 0.1) is 23.3 Å². The average molecular weight is 464 g/mol. The largest absolute Gasteiger partial charge is 0.511 e. The molecule has 10 nitrogen and oxygen atoms in total. The highest BCUT2D eigenvalue weighted by Gasteiger charge is 2.50. The molecule has 1 amide bonds. The van der Waals surface area contributed by atoms with E-state index >= 15 is 0 Å². The molecule has 3 aliphatic rings. The third kappa shape index (κ3) is 3.13. The summed E-state index contributed by atoms with van der Waals surface area (Å²) in [6.45, 7) is 1.16. The number of aromatic hydroxyl groups is 1. The van der Waals surface area contributed by atoms with Gasteiger partial charge in [-0.05, 0) is 49.3 Å². The number of Topliss-reactive ketones (excluding diaryl/α,β-unsaturated/α-hetero) is 3. The maximum absolute atomic E-state index is 13.5. The molecule has 5 rings (SSSR count). The molecule has 4 N–H and O–H groups in total. The second-order valence-electron chi connectivity index (χ2n) is 8.77. The first kappa shape index (κ1) is 21.6. The Labute approximate surface area is 192 Å². The van der Waals surface area contributed by atoms with E-state index < -0.39 is 46.8 Å². The van der Waals surface area contributed by atoms with Crippen molar-refractivity contribution in [2.75, 3.05) is 5.32 Å². The summed E-state index contributed by atoms with van der Waals surface area (Å²) < 4.78 is 4.86. The van der Waals surface area contributed by atoms with Crippen LogP contribution in [-0.2, 0) is 16.0 Å². The second-order valence-corrected chi connectivity index (χ2v) is 8.77. The van der Waals surface area contributed by atoms with Crippen molar-refractivity contribution in [2.45, 2.75) is 26.2 Å². The van der Waals surface area contributed by atoms with Gasteiger partial charge in [0.2, 0.25) is 5.76 Å². The van der Waals surface area contributed by atoms with Crippen LogP contribution in [0.15, 0.2) is 51.6 Å². The number of aliphatic hydroxyl groups excluding tert-OH is 2. The number of carbonyl (C=O) groups is 4. The summed E-state index contributed by atoms with van der Waals surface area (Å²) in [7, 11) is 0. The number of aromatic nitrogens is 1. The molecule has 1 aromatic carbocycles. The first-order valence-corrected chi connectivity index (χ1v) is 10.7. The van der Waals surface area contributed by atoms with Crippen LogP contribution in [0.1, 0.15) is 46.2 Å². The van der Waals surface area contributed by atoms with Crippen molar-refractivity contribution in [3.8, 4) is 5.75 Å². The number of hydrogen-bond donors (Lipinski definition) is 4. The number of nitrogens with one attached hydrogen (secondary N) is 1. The predicted octanol–water partition coefficient (Wildman–Crippen LogP) is 2.81. The van der Waals surface area contributed by atoms with Crippen LogP contribution in [0.4, 0.5) is 5.69 Å². The van der Waals surface area contributed by atoms with Crippen molar-refractivity contribution < 1.29 is 39.0 Å². The molecule has 2 aromatic rings. The number of benzene rings is 1. The molecular weight excluding hydrogens is 444 g/mol. The molecule has 0 radical (unpaired) electrons. The molecule has 0 spiro atoms. The third-order valence-electron chi connectivity index (χ3n) is 6.79. The van der Waals surface area contributed by atoms with Crippen molar-refractivity contribution in [1.29, 1.82) is 0 Å². The van der Waals surface area contributed by atoms with E-state index in [1.807, 2.05) is 0 Å². The minimum Gasteiger partial charge on any atom is -0.511 e. The molecule has 3 atom stereocenters. The monoisotopic (exact) mass is 464 g/mol.